The topological polar surface area (TPSA) is 83.8 Å². The number of fused-ring (bicyclic) bond motifs is 1. The third-order valence-electron chi connectivity index (χ3n) is 3.64. The van der Waals surface area contributed by atoms with Gasteiger partial charge in [-0.15, -0.1) is 0 Å². The molecule has 0 bridgehead atoms. The number of hydrogen-bond acceptors (Lipinski definition) is 5. The lowest BCUT2D eigenvalue weighted by Gasteiger charge is -2.25. The largest absolute Gasteiger partial charge is 0.340 e. The van der Waals surface area contributed by atoms with E-state index in [-0.39, 0.29) is 5.56 Å². The highest BCUT2D eigenvalue weighted by atomic mass is 16.5. The van der Waals surface area contributed by atoms with Crippen molar-refractivity contribution in [3.8, 4) is 0 Å². The van der Waals surface area contributed by atoms with Crippen molar-refractivity contribution in [3.05, 3.63) is 45.5 Å². The van der Waals surface area contributed by atoms with Gasteiger partial charge in [-0.1, -0.05) is 11.2 Å². The third-order valence-corrected chi connectivity index (χ3v) is 3.64. The number of aromatic amines is 1. The molecular formula is C14H18N4O2. The van der Waals surface area contributed by atoms with Gasteiger partial charge in [0.1, 0.15) is 0 Å². The molecule has 0 radical (unpaired) electrons. The summed E-state index contributed by atoms with van der Waals surface area (Å²) in [6.07, 6.45) is 3.87. The van der Waals surface area contributed by atoms with E-state index in [0.717, 1.165) is 43.7 Å². The zero-order valence-corrected chi connectivity index (χ0v) is 11.5. The van der Waals surface area contributed by atoms with Crippen LogP contribution in [0.25, 0.3) is 0 Å². The molecule has 1 atom stereocenters. The molecule has 2 N–H and O–H groups in total. The molecule has 0 saturated heterocycles. The lowest BCUT2D eigenvalue weighted by molar-refractivity contribution is 0.385. The van der Waals surface area contributed by atoms with Crippen LogP contribution in [-0.2, 0) is 12.8 Å². The fraction of sp³-hybridized carbons (Fsp3) is 0.500. The van der Waals surface area contributed by atoms with Crippen molar-refractivity contribution in [3.63, 3.8) is 0 Å². The molecule has 0 saturated carbocycles. The quantitative estimate of drug-likeness (QED) is 0.877. The first-order valence-corrected chi connectivity index (χ1v) is 6.97. The summed E-state index contributed by atoms with van der Waals surface area (Å²) in [4.78, 5) is 18.5. The molecule has 1 unspecified atom stereocenters. The van der Waals surface area contributed by atoms with Crippen molar-refractivity contribution in [1.29, 1.82) is 0 Å². The number of pyridine rings is 1. The minimum Gasteiger partial charge on any atom is -0.340 e. The van der Waals surface area contributed by atoms with Crippen molar-refractivity contribution in [2.24, 2.45) is 0 Å². The lowest BCUT2D eigenvalue weighted by Crippen LogP contribution is -2.29. The second kappa shape index (κ2) is 5.58. The molecular weight excluding hydrogens is 256 g/mol. The molecule has 6 heteroatoms. The van der Waals surface area contributed by atoms with Gasteiger partial charge in [-0.25, -0.2) is 0 Å². The van der Waals surface area contributed by atoms with Crippen LogP contribution >= 0.6 is 0 Å². The summed E-state index contributed by atoms with van der Waals surface area (Å²) in [5, 5.41) is 7.39. The first-order valence-electron chi connectivity index (χ1n) is 6.97. The average Bonchev–Trinajstić information content (AvgIpc) is 2.84. The predicted molar refractivity (Wildman–Crippen MR) is 73.5 cm³/mol. The first-order chi connectivity index (χ1) is 9.72. The second-order valence-electron chi connectivity index (χ2n) is 5.14. The van der Waals surface area contributed by atoms with Gasteiger partial charge in [0, 0.05) is 37.7 Å². The summed E-state index contributed by atoms with van der Waals surface area (Å²) in [5.74, 6) is 1.33. The fourth-order valence-corrected chi connectivity index (χ4v) is 2.71. The van der Waals surface area contributed by atoms with E-state index in [1.807, 2.05) is 6.07 Å². The average molecular weight is 274 g/mol. The zero-order valence-electron chi connectivity index (χ0n) is 11.5. The van der Waals surface area contributed by atoms with Crippen molar-refractivity contribution < 1.29 is 4.52 Å². The van der Waals surface area contributed by atoms with Crippen molar-refractivity contribution in [1.82, 2.24) is 20.4 Å². The van der Waals surface area contributed by atoms with E-state index in [2.05, 4.69) is 20.4 Å². The number of aryl methyl sites for hydroxylation is 2. The van der Waals surface area contributed by atoms with E-state index in [4.69, 9.17) is 4.52 Å². The molecule has 2 aromatic rings. The molecule has 0 aromatic carbocycles. The number of rotatable bonds is 4. The number of aromatic nitrogens is 3. The highest BCUT2D eigenvalue weighted by molar-refractivity contribution is 5.26. The van der Waals surface area contributed by atoms with Gasteiger partial charge in [-0.05, 0) is 24.8 Å². The molecule has 0 aliphatic heterocycles. The monoisotopic (exact) mass is 274 g/mol. The Balaban J connectivity index is 1.63. The van der Waals surface area contributed by atoms with Crippen molar-refractivity contribution in [2.45, 2.75) is 38.6 Å². The number of nitrogens with one attached hydrogen (secondary N) is 2. The fourth-order valence-electron chi connectivity index (χ4n) is 2.71. The van der Waals surface area contributed by atoms with Crippen LogP contribution in [0, 0.1) is 6.92 Å². The zero-order chi connectivity index (χ0) is 13.9. The Labute approximate surface area is 116 Å². The highest BCUT2D eigenvalue weighted by Crippen LogP contribution is 2.27. The highest BCUT2D eigenvalue weighted by Gasteiger charge is 2.20. The molecule has 1 aliphatic rings. The minimum absolute atomic E-state index is 0.0216. The van der Waals surface area contributed by atoms with E-state index in [0.29, 0.717) is 11.9 Å². The number of nitrogens with zero attached hydrogens (tertiary/aromatic N) is 2. The Bertz CT molecular complexity index is 647. The maximum atomic E-state index is 11.3. The molecule has 2 heterocycles. The van der Waals surface area contributed by atoms with Gasteiger partial charge < -0.3 is 14.8 Å². The molecule has 0 fully saturated rings. The standard InChI is InChI=1S/C14H18N4O2/c1-9-16-13(18-20-9)7-8-15-11-3-2-4-12-10(11)5-6-14(19)17-12/h5-6,11,15H,2-4,7-8H2,1H3,(H,17,19). The maximum absolute atomic E-state index is 11.3. The van der Waals surface area contributed by atoms with Gasteiger partial charge in [0.15, 0.2) is 5.82 Å². The van der Waals surface area contributed by atoms with E-state index in [1.54, 1.807) is 13.0 Å². The van der Waals surface area contributed by atoms with E-state index >= 15 is 0 Å². The first kappa shape index (κ1) is 13.1. The number of hydrogen-bond donors (Lipinski definition) is 2. The van der Waals surface area contributed by atoms with Crippen molar-refractivity contribution >= 4 is 0 Å². The minimum atomic E-state index is -0.0216. The van der Waals surface area contributed by atoms with E-state index in [9.17, 15) is 4.79 Å². The third kappa shape index (κ3) is 2.80. The molecule has 20 heavy (non-hydrogen) atoms. The van der Waals surface area contributed by atoms with Crippen LogP contribution in [0.2, 0.25) is 0 Å². The Morgan fingerprint density at radius 2 is 2.40 bits per heavy atom. The number of H-pyrrole nitrogens is 1. The van der Waals surface area contributed by atoms with Crippen LogP contribution in [-0.4, -0.2) is 21.7 Å². The summed E-state index contributed by atoms with van der Waals surface area (Å²) < 4.78 is 4.95. The summed E-state index contributed by atoms with van der Waals surface area (Å²) in [6, 6.07) is 3.83. The van der Waals surface area contributed by atoms with Gasteiger partial charge in [-0.3, -0.25) is 4.79 Å². The van der Waals surface area contributed by atoms with E-state index in [1.165, 1.54) is 5.56 Å². The molecule has 0 amide bonds. The van der Waals surface area contributed by atoms with E-state index < -0.39 is 0 Å². The summed E-state index contributed by atoms with van der Waals surface area (Å²) in [5.41, 5.74) is 2.25. The second-order valence-corrected chi connectivity index (χ2v) is 5.14. The smallest absolute Gasteiger partial charge is 0.248 e. The van der Waals surface area contributed by atoms with Crippen LogP contribution < -0.4 is 10.9 Å². The summed E-state index contributed by atoms with van der Waals surface area (Å²) in [6.45, 7) is 2.58. The lowest BCUT2D eigenvalue weighted by atomic mass is 9.91. The summed E-state index contributed by atoms with van der Waals surface area (Å²) >= 11 is 0. The van der Waals surface area contributed by atoms with Crippen LogP contribution in [0.4, 0.5) is 0 Å². The molecule has 2 aromatic heterocycles. The normalized spacial score (nSPS) is 17.9. The Kier molecular flexibility index (Phi) is 3.64. The molecule has 0 spiro atoms. The predicted octanol–water partition coefficient (Wildman–Crippen LogP) is 1.28. The molecule has 3 rings (SSSR count). The van der Waals surface area contributed by atoms with Crippen LogP contribution in [0.1, 0.15) is 41.9 Å². The molecule has 1 aliphatic carbocycles. The van der Waals surface area contributed by atoms with Gasteiger partial charge in [0.05, 0.1) is 0 Å². The van der Waals surface area contributed by atoms with Crippen LogP contribution in [0.5, 0.6) is 0 Å². The Morgan fingerprint density at radius 1 is 1.50 bits per heavy atom. The molecule has 106 valence electrons. The van der Waals surface area contributed by atoms with Gasteiger partial charge in [-0.2, -0.15) is 4.98 Å². The summed E-state index contributed by atoms with van der Waals surface area (Å²) in [7, 11) is 0. The van der Waals surface area contributed by atoms with Gasteiger partial charge >= 0.3 is 0 Å². The van der Waals surface area contributed by atoms with Crippen LogP contribution in [0.3, 0.4) is 0 Å². The maximum Gasteiger partial charge on any atom is 0.248 e. The van der Waals surface area contributed by atoms with Crippen LogP contribution in [0.15, 0.2) is 21.5 Å². The van der Waals surface area contributed by atoms with Gasteiger partial charge in [0.2, 0.25) is 11.4 Å². The Hall–Kier alpha value is -1.95. The molecule has 6 nitrogen and oxygen atoms in total. The van der Waals surface area contributed by atoms with Gasteiger partial charge in [0.25, 0.3) is 0 Å². The SMILES string of the molecule is Cc1nc(CCNC2CCCc3[nH]c(=O)ccc32)no1. The van der Waals surface area contributed by atoms with Crippen molar-refractivity contribution in [2.75, 3.05) is 6.54 Å². The Morgan fingerprint density at radius 3 is 3.20 bits per heavy atom.